The van der Waals surface area contributed by atoms with Gasteiger partial charge in [-0.3, -0.25) is 14.5 Å². The highest BCUT2D eigenvalue weighted by Crippen LogP contribution is 2.41. The standard InChI is InChI=1S/C25H27N11O7S3/c1-34-13-6-12(26)30-24(36(13)32-22(34)27)46-8-10-7-44-19-15(18(38)35(19)16(10)20(39)40)31-17(37)14(11-9-45-23(28)29-11)33-43-25(21(41)42)4-2-3-5-25/h6,9,15,19,26H,2-5,7-8H2,1H3,(H7,27,28,29,31,32,37,39,40,41,42)/b33-14-/t15?,19-/m0/s1. The molecule has 8 N–H and O–H groups in total. The Balaban J connectivity index is 1.21. The Morgan fingerprint density at radius 3 is 2.67 bits per heavy atom. The average molecular weight is 690 g/mol. The normalized spacial score (nSPS) is 20.8. The highest BCUT2D eigenvalue weighted by Gasteiger charge is 2.53. The predicted molar refractivity (Wildman–Crippen MR) is 164 cm³/mol. The molecule has 2 aliphatic heterocycles. The van der Waals surface area contributed by atoms with E-state index in [4.69, 9.17) is 22.0 Å². The molecule has 0 bridgehead atoms. The second-order valence-corrected chi connectivity index (χ2v) is 13.6. The predicted octanol–water partition coefficient (Wildman–Crippen LogP) is -1.93. The number of carbonyl (C=O) groups excluding carboxylic acids is 3. The van der Waals surface area contributed by atoms with E-state index < -0.39 is 40.8 Å². The Kier molecular flexibility index (Phi) is 8.14. The number of thiazole rings is 1. The van der Waals surface area contributed by atoms with E-state index in [0.717, 1.165) is 28.0 Å². The van der Waals surface area contributed by atoms with Crippen molar-refractivity contribution in [2.24, 2.45) is 12.2 Å². The van der Waals surface area contributed by atoms with Crippen LogP contribution >= 0.6 is 34.9 Å². The Morgan fingerprint density at radius 1 is 1.28 bits per heavy atom. The summed E-state index contributed by atoms with van der Waals surface area (Å²) in [6.45, 7) is 0. The summed E-state index contributed by atoms with van der Waals surface area (Å²) < 4.78 is 3.10. The van der Waals surface area contributed by atoms with Gasteiger partial charge in [0.25, 0.3) is 23.4 Å². The van der Waals surface area contributed by atoms with Crippen molar-refractivity contribution in [3.05, 3.63) is 28.4 Å². The van der Waals surface area contributed by atoms with E-state index in [0.29, 0.717) is 29.2 Å². The zero-order chi connectivity index (χ0) is 32.9. The molecule has 18 nitrogen and oxygen atoms in total. The monoisotopic (exact) mass is 689 g/mol. The van der Waals surface area contributed by atoms with E-state index >= 15 is 0 Å². The van der Waals surface area contributed by atoms with Crippen LogP contribution < -0.4 is 32.1 Å². The topological polar surface area (TPSA) is 274 Å². The van der Waals surface area contributed by atoms with E-state index in [1.165, 1.54) is 21.7 Å². The zero-order valence-electron chi connectivity index (χ0n) is 24.0. The van der Waals surface area contributed by atoms with Crippen molar-refractivity contribution in [3.8, 4) is 0 Å². The van der Waals surface area contributed by atoms with Crippen molar-refractivity contribution in [2.75, 3.05) is 28.7 Å². The minimum atomic E-state index is -1.59. The second kappa shape index (κ2) is 11.9. The Morgan fingerprint density at radius 2 is 2.02 bits per heavy atom. The summed E-state index contributed by atoms with van der Waals surface area (Å²) in [5.41, 5.74) is 16.4. The second-order valence-electron chi connectivity index (χ2n) is 10.6. The number of nitrogens with two attached hydrogens (primary N) is 3. The number of nitrogen functional groups attached to an aromatic ring is 3. The number of aromatic nitrogens is 5. The number of nitrogens with zero attached hydrogens (tertiary/aromatic N) is 7. The van der Waals surface area contributed by atoms with Gasteiger partial charge in [0.05, 0.1) is 24.8 Å². The molecule has 1 saturated heterocycles. The number of thioether (sulfide) groups is 2. The molecule has 1 saturated carbocycles. The minimum absolute atomic E-state index is 0.0323. The number of β-lactam (4-membered cyclic amide) rings is 1. The van der Waals surface area contributed by atoms with Crippen LogP contribution in [0.4, 0.5) is 16.9 Å². The van der Waals surface area contributed by atoms with Crippen molar-refractivity contribution in [1.29, 1.82) is 0 Å². The van der Waals surface area contributed by atoms with E-state index in [1.807, 2.05) is 0 Å². The molecule has 6 rings (SSSR count). The third-order valence-electron chi connectivity index (χ3n) is 7.78. The maximum Gasteiger partial charge on any atom is 0.350 e. The van der Waals surface area contributed by atoms with Crippen LogP contribution in [0.1, 0.15) is 31.4 Å². The van der Waals surface area contributed by atoms with Crippen LogP contribution in [-0.2, 0) is 31.1 Å². The molecular weight excluding hydrogens is 663 g/mol. The summed E-state index contributed by atoms with van der Waals surface area (Å²) in [6, 6.07) is 0.474. The molecule has 242 valence electrons. The lowest BCUT2D eigenvalue weighted by molar-refractivity contribution is -0.621. The fourth-order valence-corrected chi connectivity index (χ4v) is 8.35. The zero-order valence-corrected chi connectivity index (χ0v) is 26.5. The fourth-order valence-electron chi connectivity index (χ4n) is 5.36. The quantitative estimate of drug-likeness (QED) is 0.0387. The largest absolute Gasteiger partial charge is 0.543 e. The van der Waals surface area contributed by atoms with Crippen molar-refractivity contribution in [2.45, 2.75) is 47.9 Å². The van der Waals surface area contributed by atoms with Crippen LogP contribution in [-0.4, -0.2) is 87.6 Å². The number of anilines is 3. The molecule has 46 heavy (non-hydrogen) atoms. The number of hydrogen-bond donors (Lipinski definition) is 5. The average Bonchev–Trinajstić information content (AvgIpc) is 3.74. The first-order valence-electron chi connectivity index (χ1n) is 13.7. The lowest BCUT2D eigenvalue weighted by Crippen LogP contribution is -2.71. The number of carbonyl (C=O) groups is 4. The Bertz CT molecular complexity index is 1850. The molecule has 1 unspecified atom stereocenters. The van der Waals surface area contributed by atoms with Crippen LogP contribution in [0.2, 0.25) is 0 Å². The number of carboxylic acid groups (broad SMARTS) is 2. The van der Waals surface area contributed by atoms with E-state index in [-0.39, 0.29) is 58.3 Å². The first-order valence-corrected chi connectivity index (χ1v) is 16.6. The van der Waals surface area contributed by atoms with Gasteiger partial charge in [-0.25, -0.2) is 14.3 Å². The molecule has 21 heteroatoms. The van der Waals surface area contributed by atoms with Gasteiger partial charge in [0.1, 0.15) is 17.1 Å². The van der Waals surface area contributed by atoms with Crippen molar-refractivity contribution in [1.82, 2.24) is 29.9 Å². The summed E-state index contributed by atoms with van der Waals surface area (Å²) in [4.78, 5) is 65.9. The maximum absolute atomic E-state index is 13.4. The van der Waals surface area contributed by atoms with Gasteiger partial charge in [0.15, 0.2) is 10.8 Å². The lowest BCUT2D eigenvalue weighted by Gasteiger charge is -2.50. The maximum atomic E-state index is 13.4. The van der Waals surface area contributed by atoms with Crippen LogP contribution in [0.3, 0.4) is 0 Å². The van der Waals surface area contributed by atoms with Gasteiger partial charge in [0, 0.05) is 29.7 Å². The molecule has 0 aromatic carbocycles. The molecular formula is C25H27N11O7S3. The lowest BCUT2D eigenvalue weighted by atomic mass is 10.0. The summed E-state index contributed by atoms with van der Waals surface area (Å²) in [6.07, 6.45) is 1.65. The number of carboxylic acids is 2. The number of aliphatic carboxylic acids is 2. The van der Waals surface area contributed by atoms with E-state index in [2.05, 4.69) is 25.5 Å². The Hall–Kier alpha value is -4.63. The van der Waals surface area contributed by atoms with E-state index in [1.54, 1.807) is 17.7 Å². The third kappa shape index (κ3) is 5.42. The summed E-state index contributed by atoms with van der Waals surface area (Å²) in [5.74, 6) is -3.56. The van der Waals surface area contributed by atoms with Gasteiger partial charge in [-0.05, 0) is 35.3 Å². The highest BCUT2D eigenvalue weighted by atomic mass is 32.2. The number of oxime groups is 1. The smallest absolute Gasteiger partial charge is 0.350 e. The summed E-state index contributed by atoms with van der Waals surface area (Å²) in [5, 5.41) is 34.0. The Labute approximate surface area is 272 Å². The number of amides is 2. The molecule has 0 spiro atoms. The third-order valence-corrected chi connectivity index (χ3v) is 10.8. The summed E-state index contributed by atoms with van der Waals surface area (Å²) in [7, 11) is 1.71. The van der Waals surface area contributed by atoms with Crippen molar-refractivity contribution < 1.29 is 38.7 Å². The molecule has 2 amide bonds. The van der Waals surface area contributed by atoms with Gasteiger partial charge < -0.3 is 42.4 Å². The first-order chi connectivity index (χ1) is 21.9. The number of hydrogen-bond acceptors (Lipinski definition) is 16. The fraction of sp³-hybridized carbons (Fsp3) is 0.400. The summed E-state index contributed by atoms with van der Waals surface area (Å²) >= 11 is 3.44. The number of rotatable bonds is 10. The van der Waals surface area contributed by atoms with Crippen molar-refractivity contribution >= 4 is 86.9 Å². The van der Waals surface area contributed by atoms with Crippen LogP contribution in [0.15, 0.2) is 33.0 Å². The van der Waals surface area contributed by atoms with Crippen LogP contribution in [0.5, 0.6) is 0 Å². The van der Waals surface area contributed by atoms with E-state index in [9.17, 15) is 29.4 Å². The number of fused-ring (bicyclic) bond motifs is 2. The molecule has 2 atom stereocenters. The highest BCUT2D eigenvalue weighted by molar-refractivity contribution is 8.01. The minimum Gasteiger partial charge on any atom is -0.543 e. The van der Waals surface area contributed by atoms with Gasteiger partial charge in [-0.1, -0.05) is 14.7 Å². The molecule has 2 fully saturated rings. The molecule has 5 heterocycles. The molecule has 1 aliphatic carbocycles. The van der Waals surface area contributed by atoms with Gasteiger partial charge in [0.2, 0.25) is 11.4 Å². The molecule has 3 aliphatic rings. The van der Waals surface area contributed by atoms with Crippen LogP contribution in [0, 0.1) is 0 Å². The molecule has 0 radical (unpaired) electrons. The van der Waals surface area contributed by atoms with Crippen LogP contribution in [0.25, 0.3) is 5.65 Å². The van der Waals surface area contributed by atoms with Gasteiger partial charge in [-0.15, -0.1) is 23.1 Å². The van der Waals surface area contributed by atoms with Gasteiger partial charge >= 0.3 is 11.1 Å². The molecule has 3 aromatic rings. The van der Waals surface area contributed by atoms with Crippen molar-refractivity contribution in [3.63, 3.8) is 0 Å². The number of aryl methyl sites for hydroxylation is 1. The van der Waals surface area contributed by atoms with Gasteiger partial charge in [-0.2, -0.15) is 0 Å². The SMILES string of the molecule is Cn1c(N)n[n+]2c(SCC3=C(C(=O)[O-])N4C(=O)C(NC(=O)/C(=N\OC5(C(=O)O)CCCC5)c5csc(N)n5)[C@@H]4SC3)nc(N)cc12. The molecule has 3 aromatic heterocycles. The first kappa shape index (κ1) is 31.4. The number of nitrogens with one attached hydrogen (secondary N) is 1.